The van der Waals surface area contributed by atoms with Crippen molar-refractivity contribution in [1.29, 1.82) is 0 Å². The van der Waals surface area contributed by atoms with Gasteiger partial charge >= 0.3 is 11.9 Å². The molecular formula is C16H28O4. The second-order valence-electron chi connectivity index (χ2n) is 7.44. The van der Waals surface area contributed by atoms with Crippen molar-refractivity contribution in [1.82, 2.24) is 0 Å². The topological polar surface area (TPSA) is 74.6 Å². The summed E-state index contributed by atoms with van der Waals surface area (Å²) in [6.07, 6.45) is 4.02. The molecule has 2 unspecified atom stereocenters. The van der Waals surface area contributed by atoms with Crippen LogP contribution in [-0.2, 0) is 9.59 Å². The lowest BCUT2D eigenvalue weighted by molar-refractivity contribution is -0.176. The Morgan fingerprint density at radius 2 is 1.65 bits per heavy atom. The molecule has 1 rings (SSSR count). The van der Waals surface area contributed by atoms with Crippen molar-refractivity contribution in [3.63, 3.8) is 0 Å². The van der Waals surface area contributed by atoms with Crippen molar-refractivity contribution in [2.45, 2.75) is 60.3 Å². The molecular weight excluding hydrogens is 256 g/mol. The SMILES string of the molecule is CC(C)C(C(=O)O)(C(=O)O)C(C)C1CCCC(C)(C)C1. The summed E-state index contributed by atoms with van der Waals surface area (Å²) in [5.74, 6) is -3.03. The quantitative estimate of drug-likeness (QED) is 0.756. The molecule has 0 aromatic heterocycles. The van der Waals surface area contributed by atoms with E-state index < -0.39 is 23.3 Å². The molecule has 2 atom stereocenters. The van der Waals surface area contributed by atoms with E-state index in [0.717, 1.165) is 25.7 Å². The molecule has 0 spiro atoms. The van der Waals surface area contributed by atoms with Gasteiger partial charge in [0.2, 0.25) is 0 Å². The number of hydrogen-bond acceptors (Lipinski definition) is 2. The number of hydrogen-bond donors (Lipinski definition) is 2. The molecule has 1 fully saturated rings. The number of carboxylic acids is 2. The van der Waals surface area contributed by atoms with Crippen LogP contribution in [0.1, 0.15) is 60.3 Å². The van der Waals surface area contributed by atoms with E-state index in [1.807, 2.05) is 6.92 Å². The molecule has 4 heteroatoms. The van der Waals surface area contributed by atoms with E-state index in [1.54, 1.807) is 13.8 Å². The van der Waals surface area contributed by atoms with Crippen molar-refractivity contribution in [2.24, 2.45) is 28.6 Å². The summed E-state index contributed by atoms with van der Waals surface area (Å²) in [7, 11) is 0. The summed E-state index contributed by atoms with van der Waals surface area (Å²) in [6.45, 7) is 9.59. The van der Waals surface area contributed by atoms with Crippen LogP contribution in [0.3, 0.4) is 0 Å². The highest BCUT2D eigenvalue weighted by molar-refractivity contribution is 5.99. The van der Waals surface area contributed by atoms with E-state index in [0.29, 0.717) is 0 Å². The second-order valence-corrected chi connectivity index (χ2v) is 7.44. The van der Waals surface area contributed by atoms with Gasteiger partial charge in [0.15, 0.2) is 5.41 Å². The van der Waals surface area contributed by atoms with E-state index >= 15 is 0 Å². The third-order valence-corrected chi connectivity index (χ3v) is 5.29. The minimum atomic E-state index is -1.68. The van der Waals surface area contributed by atoms with E-state index in [-0.39, 0.29) is 17.3 Å². The Hall–Kier alpha value is -1.06. The Morgan fingerprint density at radius 1 is 1.15 bits per heavy atom. The zero-order valence-electron chi connectivity index (χ0n) is 13.3. The summed E-state index contributed by atoms with van der Waals surface area (Å²) in [5, 5.41) is 19.2. The van der Waals surface area contributed by atoms with Gasteiger partial charge < -0.3 is 10.2 Å². The molecule has 0 aromatic carbocycles. The van der Waals surface area contributed by atoms with Crippen molar-refractivity contribution in [3.8, 4) is 0 Å². The first-order valence-corrected chi connectivity index (χ1v) is 7.52. The van der Waals surface area contributed by atoms with E-state index in [4.69, 9.17) is 0 Å². The van der Waals surface area contributed by atoms with Crippen LogP contribution in [0.4, 0.5) is 0 Å². The number of rotatable bonds is 5. The maximum Gasteiger partial charge on any atom is 0.321 e. The average molecular weight is 284 g/mol. The number of aliphatic carboxylic acids is 2. The molecule has 4 nitrogen and oxygen atoms in total. The van der Waals surface area contributed by atoms with Crippen LogP contribution in [-0.4, -0.2) is 22.2 Å². The Balaban J connectivity index is 3.14. The fraction of sp³-hybridized carbons (Fsp3) is 0.875. The molecule has 2 N–H and O–H groups in total. The van der Waals surface area contributed by atoms with Gasteiger partial charge in [-0.05, 0) is 36.0 Å². The molecule has 20 heavy (non-hydrogen) atoms. The van der Waals surface area contributed by atoms with E-state index in [2.05, 4.69) is 13.8 Å². The average Bonchev–Trinajstić information content (AvgIpc) is 2.26. The molecule has 0 amide bonds. The van der Waals surface area contributed by atoms with Crippen molar-refractivity contribution in [3.05, 3.63) is 0 Å². The van der Waals surface area contributed by atoms with Gasteiger partial charge in [-0.2, -0.15) is 0 Å². The minimum Gasteiger partial charge on any atom is -0.480 e. The van der Waals surface area contributed by atoms with Crippen LogP contribution in [0, 0.1) is 28.6 Å². The summed E-state index contributed by atoms with van der Waals surface area (Å²) >= 11 is 0. The van der Waals surface area contributed by atoms with Crippen molar-refractivity contribution < 1.29 is 19.8 Å². The lowest BCUT2D eigenvalue weighted by atomic mass is 9.58. The fourth-order valence-electron chi connectivity index (χ4n) is 4.06. The van der Waals surface area contributed by atoms with Gasteiger partial charge in [0.05, 0.1) is 0 Å². The Labute approximate surface area is 121 Å². The van der Waals surface area contributed by atoms with E-state index in [1.165, 1.54) is 0 Å². The van der Waals surface area contributed by atoms with Crippen LogP contribution < -0.4 is 0 Å². The first kappa shape index (κ1) is 17.0. The Morgan fingerprint density at radius 3 is 2.00 bits per heavy atom. The zero-order valence-corrected chi connectivity index (χ0v) is 13.3. The van der Waals surface area contributed by atoms with Gasteiger partial charge in [0.25, 0.3) is 0 Å². The molecule has 0 aliphatic heterocycles. The van der Waals surface area contributed by atoms with Gasteiger partial charge in [-0.15, -0.1) is 0 Å². The van der Waals surface area contributed by atoms with Crippen LogP contribution in [0.5, 0.6) is 0 Å². The van der Waals surface area contributed by atoms with Gasteiger partial charge in [-0.3, -0.25) is 9.59 Å². The molecule has 0 aromatic rings. The second kappa shape index (κ2) is 5.74. The number of carbonyl (C=O) groups is 2. The summed E-state index contributed by atoms with van der Waals surface area (Å²) in [4.78, 5) is 23.5. The predicted octanol–water partition coefficient (Wildman–Crippen LogP) is 3.65. The maximum absolute atomic E-state index is 11.8. The highest BCUT2D eigenvalue weighted by Crippen LogP contribution is 2.49. The molecule has 116 valence electrons. The van der Waals surface area contributed by atoms with Crippen molar-refractivity contribution >= 4 is 11.9 Å². The Kier molecular flexibility index (Phi) is 4.88. The van der Waals surface area contributed by atoms with Gasteiger partial charge in [-0.1, -0.05) is 47.5 Å². The monoisotopic (exact) mass is 284 g/mol. The van der Waals surface area contributed by atoms with E-state index in [9.17, 15) is 19.8 Å². The minimum absolute atomic E-state index is 0.161. The lowest BCUT2D eigenvalue weighted by Crippen LogP contribution is -2.52. The molecule has 0 radical (unpaired) electrons. The zero-order chi connectivity index (χ0) is 15.7. The van der Waals surface area contributed by atoms with Crippen molar-refractivity contribution in [2.75, 3.05) is 0 Å². The highest BCUT2D eigenvalue weighted by atomic mass is 16.4. The first-order chi connectivity index (χ1) is 9.05. The molecule has 0 bridgehead atoms. The highest BCUT2D eigenvalue weighted by Gasteiger charge is 2.56. The normalized spacial score (nSPS) is 24.4. The van der Waals surface area contributed by atoms with Gasteiger partial charge in [0.1, 0.15) is 0 Å². The molecule has 0 heterocycles. The van der Waals surface area contributed by atoms with Crippen LogP contribution in [0.2, 0.25) is 0 Å². The standard InChI is InChI=1S/C16H28O4/c1-10(2)16(13(17)18,14(19)20)11(3)12-7-6-8-15(4,5)9-12/h10-12H,6-9H2,1-5H3,(H,17,18)(H,19,20). The first-order valence-electron chi connectivity index (χ1n) is 7.52. The third kappa shape index (κ3) is 2.84. The van der Waals surface area contributed by atoms with Crippen LogP contribution >= 0.6 is 0 Å². The summed E-state index contributed by atoms with van der Waals surface area (Å²) < 4.78 is 0. The van der Waals surface area contributed by atoms with Gasteiger partial charge in [0, 0.05) is 0 Å². The smallest absolute Gasteiger partial charge is 0.321 e. The molecule has 1 saturated carbocycles. The predicted molar refractivity (Wildman–Crippen MR) is 77.4 cm³/mol. The lowest BCUT2D eigenvalue weighted by Gasteiger charge is -2.44. The largest absolute Gasteiger partial charge is 0.480 e. The summed E-state index contributed by atoms with van der Waals surface area (Å²) in [5.41, 5.74) is -1.50. The van der Waals surface area contributed by atoms with Crippen LogP contribution in [0.15, 0.2) is 0 Å². The molecule has 1 aliphatic rings. The molecule has 1 aliphatic carbocycles. The van der Waals surface area contributed by atoms with Gasteiger partial charge in [-0.25, -0.2) is 0 Å². The number of carboxylic acid groups (broad SMARTS) is 2. The Bertz CT molecular complexity index is 370. The van der Waals surface area contributed by atoms with Crippen LogP contribution in [0.25, 0.3) is 0 Å². The summed E-state index contributed by atoms with van der Waals surface area (Å²) in [6, 6.07) is 0. The maximum atomic E-state index is 11.8. The third-order valence-electron chi connectivity index (χ3n) is 5.29. The molecule has 0 saturated heterocycles. The fourth-order valence-corrected chi connectivity index (χ4v) is 4.06.